The predicted octanol–water partition coefficient (Wildman–Crippen LogP) is 3.66. The second-order valence-corrected chi connectivity index (χ2v) is 7.24. The highest BCUT2D eigenvalue weighted by molar-refractivity contribution is 5.92. The van der Waals surface area contributed by atoms with E-state index in [1.165, 1.54) is 11.1 Å². The number of imidazole rings is 1. The van der Waals surface area contributed by atoms with Crippen molar-refractivity contribution in [1.82, 2.24) is 9.55 Å². The van der Waals surface area contributed by atoms with Gasteiger partial charge in [0.2, 0.25) is 0 Å². The molecule has 6 heteroatoms. The molecule has 1 N–H and O–H groups in total. The summed E-state index contributed by atoms with van der Waals surface area (Å²) in [5.74, 6) is -0.0410. The van der Waals surface area contributed by atoms with Gasteiger partial charge < -0.3 is 19.1 Å². The molecule has 1 heterocycles. The lowest BCUT2D eigenvalue weighted by molar-refractivity contribution is 0.0367. The van der Waals surface area contributed by atoms with Gasteiger partial charge in [-0.25, -0.2) is 9.78 Å². The van der Waals surface area contributed by atoms with Gasteiger partial charge in [0.25, 0.3) is 0 Å². The van der Waals surface area contributed by atoms with E-state index in [9.17, 15) is 9.90 Å². The van der Waals surface area contributed by atoms with Crippen molar-refractivity contribution in [3.05, 3.63) is 59.4 Å². The smallest absolute Gasteiger partial charge is 0.342 e. The standard InChI is InChI=1S/C22H26N2O4/c1-14(2)28-22(26)18-7-5-6-8-21(18)27-12-17(25)11-24-13-23-19-9-15(3)16(4)10-20(19)24/h5-10,13-14,17,25H,11-12H2,1-4H3/t17-/m1/s1. The second kappa shape index (κ2) is 8.44. The van der Waals surface area contributed by atoms with Crippen LogP contribution in [0, 0.1) is 13.8 Å². The molecule has 3 aromatic rings. The Hall–Kier alpha value is -2.86. The first-order chi connectivity index (χ1) is 13.3. The number of rotatable bonds is 7. The van der Waals surface area contributed by atoms with Crippen LogP contribution >= 0.6 is 0 Å². The predicted molar refractivity (Wildman–Crippen MR) is 108 cm³/mol. The number of aliphatic hydroxyl groups excluding tert-OH is 1. The van der Waals surface area contributed by atoms with Crippen molar-refractivity contribution in [2.75, 3.05) is 6.61 Å². The molecule has 28 heavy (non-hydrogen) atoms. The Labute approximate surface area is 164 Å². The molecule has 6 nitrogen and oxygen atoms in total. The fraction of sp³-hybridized carbons (Fsp3) is 0.364. The number of fused-ring (bicyclic) bond motifs is 1. The maximum absolute atomic E-state index is 12.2. The van der Waals surface area contributed by atoms with Crippen molar-refractivity contribution in [2.45, 2.75) is 46.4 Å². The number of aliphatic hydroxyl groups is 1. The fourth-order valence-electron chi connectivity index (χ4n) is 2.96. The molecule has 0 aliphatic rings. The molecule has 0 spiro atoms. The van der Waals surface area contributed by atoms with Crippen LogP contribution in [-0.4, -0.2) is 39.4 Å². The number of hydrogen-bond acceptors (Lipinski definition) is 5. The highest BCUT2D eigenvalue weighted by atomic mass is 16.5. The van der Waals surface area contributed by atoms with E-state index >= 15 is 0 Å². The highest BCUT2D eigenvalue weighted by Gasteiger charge is 2.17. The van der Waals surface area contributed by atoms with E-state index in [2.05, 4.69) is 24.9 Å². The number of ether oxygens (including phenoxy) is 2. The summed E-state index contributed by atoms with van der Waals surface area (Å²) in [7, 11) is 0. The molecule has 0 unspecified atom stereocenters. The van der Waals surface area contributed by atoms with Crippen molar-refractivity contribution in [2.24, 2.45) is 0 Å². The number of hydrogen-bond donors (Lipinski definition) is 1. The van der Waals surface area contributed by atoms with E-state index in [0.717, 1.165) is 11.0 Å². The average Bonchev–Trinajstić information content (AvgIpc) is 3.01. The maximum Gasteiger partial charge on any atom is 0.342 e. The molecule has 148 valence electrons. The topological polar surface area (TPSA) is 73.6 Å². The summed E-state index contributed by atoms with van der Waals surface area (Å²) in [5, 5.41) is 10.5. The van der Waals surface area contributed by atoms with Crippen LogP contribution in [0.15, 0.2) is 42.7 Å². The summed E-state index contributed by atoms with van der Waals surface area (Å²) < 4.78 is 12.9. The molecule has 3 rings (SSSR count). The van der Waals surface area contributed by atoms with Crippen LogP contribution < -0.4 is 4.74 Å². The summed E-state index contributed by atoms with van der Waals surface area (Å²) >= 11 is 0. The van der Waals surface area contributed by atoms with Crippen LogP contribution in [0.4, 0.5) is 0 Å². The van der Waals surface area contributed by atoms with Crippen LogP contribution in [0.2, 0.25) is 0 Å². The third-order valence-electron chi connectivity index (χ3n) is 4.52. The van der Waals surface area contributed by atoms with Crippen molar-refractivity contribution in [1.29, 1.82) is 0 Å². The zero-order valence-electron chi connectivity index (χ0n) is 16.7. The van der Waals surface area contributed by atoms with Crippen molar-refractivity contribution in [3.63, 3.8) is 0 Å². The number of carbonyl (C=O) groups is 1. The Morgan fingerprint density at radius 2 is 1.89 bits per heavy atom. The largest absolute Gasteiger partial charge is 0.490 e. The molecular formula is C22H26N2O4. The van der Waals surface area contributed by atoms with Crippen LogP contribution in [-0.2, 0) is 11.3 Å². The summed E-state index contributed by atoms with van der Waals surface area (Å²) in [6.07, 6.45) is 0.752. The number of nitrogens with zero attached hydrogens (tertiary/aromatic N) is 2. The van der Waals surface area contributed by atoms with Gasteiger partial charge in [0, 0.05) is 0 Å². The third kappa shape index (κ3) is 4.51. The van der Waals surface area contributed by atoms with Gasteiger partial charge in [-0.05, 0) is 63.1 Å². The van der Waals surface area contributed by atoms with E-state index in [1.54, 1.807) is 44.4 Å². The highest BCUT2D eigenvalue weighted by Crippen LogP contribution is 2.21. The number of aryl methyl sites for hydroxylation is 2. The first kappa shape index (κ1) is 19.9. The minimum absolute atomic E-state index is 0.0521. The van der Waals surface area contributed by atoms with Crippen LogP contribution in [0.25, 0.3) is 11.0 Å². The summed E-state index contributed by atoms with van der Waals surface area (Å²) in [6.45, 7) is 8.10. The Morgan fingerprint density at radius 1 is 1.18 bits per heavy atom. The molecule has 1 atom stereocenters. The summed E-state index contributed by atoms with van der Waals surface area (Å²) in [6, 6.07) is 11.0. The molecule has 1 aromatic heterocycles. The number of aromatic nitrogens is 2. The van der Waals surface area contributed by atoms with Crippen LogP contribution in [0.5, 0.6) is 5.75 Å². The lowest BCUT2D eigenvalue weighted by atomic mass is 10.1. The van der Waals surface area contributed by atoms with Gasteiger partial charge in [0.05, 0.1) is 30.0 Å². The lowest BCUT2D eigenvalue weighted by Gasteiger charge is -2.16. The van der Waals surface area contributed by atoms with E-state index in [0.29, 0.717) is 17.9 Å². The van der Waals surface area contributed by atoms with E-state index in [1.807, 2.05) is 10.6 Å². The lowest BCUT2D eigenvalue weighted by Crippen LogP contribution is -2.24. The van der Waals surface area contributed by atoms with Gasteiger partial charge in [-0.1, -0.05) is 12.1 Å². The van der Waals surface area contributed by atoms with Crippen LogP contribution in [0.1, 0.15) is 35.3 Å². The Kier molecular flexibility index (Phi) is 5.99. The normalized spacial score (nSPS) is 12.4. The van der Waals surface area contributed by atoms with Gasteiger partial charge in [-0.15, -0.1) is 0 Å². The minimum atomic E-state index is -0.756. The Morgan fingerprint density at radius 3 is 2.64 bits per heavy atom. The molecule has 0 radical (unpaired) electrons. The monoisotopic (exact) mass is 382 g/mol. The molecule has 2 aromatic carbocycles. The molecule has 0 saturated carbocycles. The Bertz CT molecular complexity index is 978. The molecular weight excluding hydrogens is 356 g/mol. The second-order valence-electron chi connectivity index (χ2n) is 7.24. The van der Waals surface area contributed by atoms with Crippen molar-refractivity contribution in [3.8, 4) is 5.75 Å². The van der Waals surface area contributed by atoms with E-state index < -0.39 is 12.1 Å². The quantitative estimate of drug-likeness (QED) is 0.631. The van der Waals surface area contributed by atoms with E-state index in [4.69, 9.17) is 9.47 Å². The summed E-state index contributed by atoms with van der Waals surface area (Å²) in [4.78, 5) is 16.6. The molecule has 0 aliphatic heterocycles. The van der Waals surface area contributed by atoms with Crippen molar-refractivity contribution < 1.29 is 19.4 Å². The van der Waals surface area contributed by atoms with Gasteiger partial charge >= 0.3 is 5.97 Å². The van der Waals surface area contributed by atoms with Gasteiger partial charge in [-0.2, -0.15) is 0 Å². The fourth-order valence-corrected chi connectivity index (χ4v) is 2.96. The number of para-hydroxylation sites is 1. The number of benzene rings is 2. The minimum Gasteiger partial charge on any atom is -0.490 e. The molecule has 0 bridgehead atoms. The molecule has 0 saturated heterocycles. The number of esters is 1. The van der Waals surface area contributed by atoms with Crippen molar-refractivity contribution >= 4 is 17.0 Å². The third-order valence-corrected chi connectivity index (χ3v) is 4.52. The first-order valence-corrected chi connectivity index (χ1v) is 9.38. The zero-order chi connectivity index (χ0) is 20.3. The van der Waals surface area contributed by atoms with Gasteiger partial charge in [-0.3, -0.25) is 0 Å². The van der Waals surface area contributed by atoms with Gasteiger partial charge in [0.15, 0.2) is 0 Å². The SMILES string of the molecule is Cc1cc2ncn(C[C@@H](O)COc3ccccc3C(=O)OC(C)C)c2cc1C. The van der Waals surface area contributed by atoms with Gasteiger partial charge in [0.1, 0.15) is 24.0 Å². The molecule has 0 aliphatic carbocycles. The zero-order valence-corrected chi connectivity index (χ0v) is 16.7. The molecule has 0 amide bonds. The maximum atomic E-state index is 12.2. The first-order valence-electron chi connectivity index (χ1n) is 9.38. The Balaban J connectivity index is 1.68. The average molecular weight is 382 g/mol. The van der Waals surface area contributed by atoms with E-state index in [-0.39, 0.29) is 12.7 Å². The van der Waals surface area contributed by atoms with Crippen LogP contribution in [0.3, 0.4) is 0 Å². The number of carbonyl (C=O) groups excluding carboxylic acids is 1. The molecule has 0 fully saturated rings. The summed E-state index contributed by atoms with van der Waals surface area (Å²) in [5.41, 5.74) is 4.59.